The summed E-state index contributed by atoms with van der Waals surface area (Å²) in [5.74, 6) is -3.07. The molecule has 0 aromatic carbocycles. The summed E-state index contributed by atoms with van der Waals surface area (Å²) in [6.07, 6.45) is 2.71. The minimum absolute atomic E-state index is 0.00764. The van der Waals surface area contributed by atoms with Gasteiger partial charge in [0.15, 0.2) is 0 Å². The molecule has 1 saturated carbocycles. The number of carbonyl (C=O) groups excluding carboxylic acids is 2. The number of carboxylic acid groups (broad SMARTS) is 1. The third kappa shape index (κ3) is 5.36. The lowest BCUT2D eigenvalue weighted by Gasteiger charge is -2.26. The second kappa shape index (κ2) is 7.43. The minimum Gasteiger partial charge on any atom is -0.481 e. The quantitative estimate of drug-likeness (QED) is 0.617. The number of rotatable bonds is 5. The first-order valence-corrected chi connectivity index (χ1v) is 7.30. The zero-order valence-corrected chi connectivity index (χ0v) is 12.9. The van der Waals surface area contributed by atoms with Crippen LogP contribution < -0.4 is 0 Å². The maximum Gasteiger partial charge on any atom is 0.311 e. The van der Waals surface area contributed by atoms with E-state index in [2.05, 4.69) is 0 Å². The van der Waals surface area contributed by atoms with Crippen LogP contribution in [0.25, 0.3) is 0 Å². The van der Waals surface area contributed by atoms with E-state index in [0.717, 1.165) is 12.8 Å². The predicted molar refractivity (Wildman–Crippen MR) is 74.5 cm³/mol. The topological polar surface area (TPSA) is 89.9 Å². The van der Waals surface area contributed by atoms with Crippen molar-refractivity contribution in [2.75, 3.05) is 13.2 Å². The van der Waals surface area contributed by atoms with E-state index in [1.165, 1.54) is 0 Å². The number of carboxylic acids is 1. The van der Waals surface area contributed by atoms with Gasteiger partial charge in [0.2, 0.25) is 0 Å². The summed E-state index contributed by atoms with van der Waals surface area (Å²) in [5.41, 5.74) is -0.595. The Morgan fingerprint density at radius 1 is 1.00 bits per heavy atom. The highest BCUT2D eigenvalue weighted by atomic mass is 16.6. The van der Waals surface area contributed by atoms with Crippen LogP contribution >= 0.6 is 0 Å². The molecule has 1 rings (SSSR count). The molecule has 2 atom stereocenters. The molecular weight excluding hydrogens is 276 g/mol. The summed E-state index contributed by atoms with van der Waals surface area (Å²) in [5, 5.41) is 9.11. The molecule has 21 heavy (non-hydrogen) atoms. The first-order chi connectivity index (χ1) is 9.73. The average Bonchev–Trinajstić information content (AvgIpc) is 2.41. The molecule has 6 nitrogen and oxygen atoms in total. The van der Waals surface area contributed by atoms with Crippen LogP contribution in [0, 0.1) is 17.3 Å². The van der Waals surface area contributed by atoms with Gasteiger partial charge in [-0.25, -0.2) is 0 Å². The molecule has 0 amide bonds. The lowest BCUT2D eigenvalue weighted by Crippen LogP contribution is -2.34. The first-order valence-electron chi connectivity index (χ1n) is 7.30. The highest BCUT2D eigenvalue weighted by Crippen LogP contribution is 2.31. The smallest absolute Gasteiger partial charge is 0.311 e. The van der Waals surface area contributed by atoms with Gasteiger partial charge < -0.3 is 14.6 Å². The normalized spacial score (nSPS) is 22.4. The summed E-state index contributed by atoms with van der Waals surface area (Å²) >= 11 is 0. The highest BCUT2D eigenvalue weighted by Gasteiger charge is 2.36. The fourth-order valence-electron chi connectivity index (χ4n) is 2.31. The largest absolute Gasteiger partial charge is 0.481 e. The number of aliphatic carboxylic acids is 1. The Bertz CT molecular complexity index is 395. The molecule has 1 aliphatic carbocycles. The van der Waals surface area contributed by atoms with Crippen molar-refractivity contribution < 1.29 is 29.0 Å². The molecule has 0 heterocycles. The van der Waals surface area contributed by atoms with Crippen molar-refractivity contribution in [3.05, 3.63) is 0 Å². The number of esters is 2. The van der Waals surface area contributed by atoms with Crippen molar-refractivity contribution in [2.45, 2.75) is 46.5 Å². The SMILES string of the molecule is CC(C)(C)C(=O)OCCOC(=O)C1CCCCC1C(=O)O. The van der Waals surface area contributed by atoms with E-state index in [-0.39, 0.29) is 19.2 Å². The Kier molecular flexibility index (Phi) is 6.18. The van der Waals surface area contributed by atoms with Crippen LogP contribution in [-0.4, -0.2) is 36.2 Å². The third-order valence-electron chi connectivity index (χ3n) is 3.56. The van der Waals surface area contributed by atoms with E-state index < -0.39 is 29.2 Å². The molecule has 0 spiro atoms. The lowest BCUT2D eigenvalue weighted by molar-refractivity contribution is -0.164. The molecule has 1 N–H and O–H groups in total. The van der Waals surface area contributed by atoms with Crippen LogP contribution in [0.4, 0.5) is 0 Å². The van der Waals surface area contributed by atoms with Gasteiger partial charge in [-0.3, -0.25) is 14.4 Å². The highest BCUT2D eigenvalue weighted by molar-refractivity contribution is 5.81. The van der Waals surface area contributed by atoms with Gasteiger partial charge >= 0.3 is 17.9 Å². The van der Waals surface area contributed by atoms with E-state index in [1.807, 2.05) is 0 Å². The molecule has 6 heteroatoms. The number of ether oxygens (including phenoxy) is 2. The molecule has 2 unspecified atom stereocenters. The molecule has 0 saturated heterocycles. The van der Waals surface area contributed by atoms with Gasteiger partial charge in [-0.2, -0.15) is 0 Å². The number of hydrogen-bond donors (Lipinski definition) is 1. The molecule has 0 bridgehead atoms. The van der Waals surface area contributed by atoms with Crippen LogP contribution in [0.1, 0.15) is 46.5 Å². The zero-order valence-electron chi connectivity index (χ0n) is 12.9. The molecular formula is C15H24O6. The van der Waals surface area contributed by atoms with Gasteiger partial charge in [0.1, 0.15) is 13.2 Å². The van der Waals surface area contributed by atoms with Crippen molar-refractivity contribution >= 4 is 17.9 Å². The lowest BCUT2D eigenvalue weighted by atomic mass is 9.79. The Balaban J connectivity index is 2.36. The standard InChI is InChI=1S/C15H24O6/c1-15(2,3)14(19)21-9-8-20-13(18)11-7-5-4-6-10(11)12(16)17/h10-11H,4-9H2,1-3H3,(H,16,17). The minimum atomic E-state index is -0.948. The third-order valence-corrected chi connectivity index (χ3v) is 3.56. The zero-order chi connectivity index (χ0) is 16.0. The Morgan fingerprint density at radius 2 is 1.52 bits per heavy atom. The van der Waals surface area contributed by atoms with Crippen molar-refractivity contribution in [3.8, 4) is 0 Å². The van der Waals surface area contributed by atoms with Gasteiger partial charge in [-0.05, 0) is 33.6 Å². The van der Waals surface area contributed by atoms with Crippen LogP contribution in [-0.2, 0) is 23.9 Å². The van der Waals surface area contributed by atoms with Crippen LogP contribution in [0.2, 0.25) is 0 Å². The fraction of sp³-hybridized carbons (Fsp3) is 0.800. The Morgan fingerprint density at radius 3 is 2.05 bits per heavy atom. The Labute approximate surface area is 124 Å². The van der Waals surface area contributed by atoms with Gasteiger partial charge in [-0.15, -0.1) is 0 Å². The van der Waals surface area contributed by atoms with E-state index in [0.29, 0.717) is 12.8 Å². The summed E-state index contributed by atoms with van der Waals surface area (Å²) in [6, 6.07) is 0. The van der Waals surface area contributed by atoms with Gasteiger partial charge in [0, 0.05) is 0 Å². The Hall–Kier alpha value is -1.59. The van der Waals surface area contributed by atoms with E-state index in [1.54, 1.807) is 20.8 Å². The van der Waals surface area contributed by atoms with Crippen molar-refractivity contribution in [2.24, 2.45) is 17.3 Å². The van der Waals surface area contributed by atoms with Crippen LogP contribution in [0.3, 0.4) is 0 Å². The van der Waals surface area contributed by atoms with E-state index in [4.69, 9.17) is 14.6 Å². The average molecular weight is 300 g/mol. The van der Waals surface area contributed by atoms with E-state index >= 15 is 0 Å². The molecule has 0 aliphatic heterocycles. The molecule has 120 valence electrons. The van der Waals surface area contributed by atoms with Gasteiger partial charge in [0.05, 0.1) is 17.3 Å². The van der Waals surface area contributed by atoms with Gasteiger partial charge in [-0.1, -0.05) is 12.8 Å². The monoisotopic (exact) mass is 300 g/mol. The molecule has 0 radical (unpaired) electrons. The maximum absolute atomic E-state index is 11.9. The first kappa shape index (κ1) is 17.5. The van der Waals surface area contributed by atoms with Crippen molar-refractivity contribution in [1.82, 2.24) is 0 Å². The second-order valence-corrected chi connectivity index (χ2v) is 6.39. The van der Waals surface area contributed by atoms with Crippen molar-refractivity contribution in [1.29, 1.82) is 0 Å². The molecule has 0 aromatic rings. The maximum atomic E-state index is 11.9. The molecule has 1 aliphatic rings. The molecule has 0 aromatic heterocycles. The second-order valence-electron chi connectivity index (χ2n) is 6.39. The van der Waals surface area contributed by atoms with Crippen LogP contribution in [0.15, 0.2) is 0 Å². The summed E-state index contributed by atoms with van der Waals surface area (Å²) in [4.78, 5) is 34.6. The predicted octanol–water partition coefficient (Wildman–Crippen LogP) is 2.01. The van der Waals surface area contributed by atoms with Gasteiger partial charge in [0.25, 0.3) is 0 Å². The number of hydrogen-bond acceptors (Lipinski definition) is 5. The summed E-state index contributed by atoms with van der Waals surface area (Å²) in [7, 11) is 0. The fourth-order valence-corrected chi connectivity index (χ4v) is 2.31. The number of carbonyl (C=O) groups is 3. The summed E-state index contributed by atoms with van der Waals surface area (Å²) < 4.78 is 10.0. The van der Waals surface area contributed by atoms with Crippen LogP contribution in [0.5, 0.6) is 0 Å². The summed E-state index contributed by atoms with van der Waals surface area (Å²) in [6.45, 7) is 5.16. The van der Waals surface area contributed by atoms with Crippen molar-refractivity contribution in [3.63, 3.8) is 0 Å². The molecule has 1 fully saturated rings. The van der Waals surface area contributed by atoms with E-state index in [9.17, 15) is 14.4 Å².